The van der Waals surface area contributed by atoms with E-state index in [2.05, 4.69) is 11.1 Å². The van der Waals surface area contributed by atoms with Gasteiger partial charge < -0.3 is 4.74 Å². The highest BCUT2D eigenvalue weighted by Gasteiger charge is 2.12. The second-order valence-corrected chi connectivity index (χ2v) is 4.27. The zero-order valence-corrected chi connectivity index (χ0v) is 9.63. The Bertz CT molecular complexity index is 793. The number of para-hydroxylation sites is 2. The molecule has 0 aliphatic carbocycles. The van der Waals surface area contributed by atoms with Gasteiger partial charge in [-0.15, -0.1) is 0 Å². The SMILES string of the molecule is C1=Cc2c(ccc3nc4ccccc4nc23)OC1. The number of hydrogen-bond donors (Lipinski definition) is 0. The lowest BCUT2D eigenvalue weighted by molar-refractivity contribution is 0.359. The molecule has 0 amide bonds. The molecule has 18 heavy (non-hydrogen) atoms. The zero-order valence-electron chi connectivity index (χ0n) is 9.63. The molecule has 0 unspecified atom stereocenters. The molecule has 3 nitrogen and oxygen atoms in total. The molecule has 0 fully saturated rings. The van der Waals surface area contributed by atoms with Gasteiger partial charge in [-0.2, -0.15) is 0 Å². The van der Waals surface area contributed by atoms with Crippen molar-refractivity contribution in [1.29, 1.82) is 0 Å². The predicted octanol–water partition coefficient (Wildman–Crippen LogP) is 3.19. The first kappa shape index (κ1) is 9.59. The Hall–Kier alpha value is -2.42. The summed E-state index contributed by atoms with van der Waals surface area (Å²) in [6.07, 6.45) is 4.06. The van der Waals surface area contributed by atoms with E-state index in [9.17, 15) is 0 Å². The minimum absolute atomic E-state index is 0.625. The summed E-state index contributed by atoms with van der Waals surface area (Å²) in [6.45, 7) is 0.625. The van der Waals surface area contributed by atoms with Gasteiger partial charge in [-0.1, -0.05) is 12.1 Å². The van der Waals surface area contributed by atoms with Crippen molar-refractivity contribution in [1.82, 2.24) is 9.97 Å². The Morgan fingerprint density at radius 2 is 1.72 bits per heavy atom. The van der Waals surface area contributed by atoms with Gasteiger partial charge in [0.05, 0.1) is 16.6 Å². The first-order valence-electron chi connectivity index (χ1n) is 5.91. The van der Waals surface area contributed by atoms with Crippen LogP contribution >= 0.6 is 0 Å². The van der Waals surface area contributed by atoms with Gasteiger partial charge in [0.1, 0.15) is 17.9 Å². The molecule has 3 aromatic rings. The number of fused-ring (bicyclic) bond motifs is 4. The normalized spacial score (nSPS) is 13.6. The van der Waals surface area contributed by atoms with Crippen LogP contribution in [0.15, 0.2) is 42.5 Å². The minimum Gasteiger partial charge on any atom is -0.489 e. The molecule has 2 aromatic carbocycles. The van der Waals surface area contributed by atoms with E-state index >= 15 is 0 Å². The fourth-order valence-corrected chi connectivity index (χ4v) is 2.28. The highest BCUT2D eigenvalue weighted by molar-refractivity contribution is 5.93. The molecule has 4 rings (SSSR count). The van der Waals surface area contributed by atoms with Crippen LogP contribution in [-0.2, 0) is 0 Å². The second kappa shape index (κ2) is 3.53. The van der Waals surface area contributed by atoms with Gasteiger partial charge in [-0.25, -0.2) is 9.97 Å². The van der Waals surface area contributed by atoms with Crippen molar-refractivity contribution in [2.75, 3.05) is 6.61 Å². The Balaban J connectivity index is 2.16. The summed E-state index contributed by atoms with van der Waals surface area (Å²) in [5.41, 5.74) is 4.67. The molecule has 0 radical (unpaired) electrons. The maximum atomic E-state index is 5.59. The maximum absolute atomic E-state index is 5.59. The molecule has 0 saturated carbocycles. The minimum atomic E-state index is 0.625. The van der Waals surface area contributed by atoms with Crippen molar-refractivity contribution >= 4 is 28.1 Å². The molecule has 0 atom stereocenters. The molecule has 0 N–H and O–H groups in total. The van der Waals surface area contributed by atoms with Crippen molar-refractivity contribution in [3.05, 3.63) is 48.0 Å². The number of hydrogen-bond acceptors (Lipinski definition) is 3. The third-order valence-electron chi connectivity index (χ3n) is 3.13. The number of aromatic nitrogens is 2. The van der Waals surface area contributed by atoms with Crippen LogP contribution in [0, 0.1) is 0 Å². The first-order chi connectivity index (χ1) is 8.92. The van der Waals surface area contributed by atoms with Crippen LogP contribution in [0.3, 0.4) is 0 Å². The molecular formula is C15H10N2O. The number of nitrogens with zero attached hydrogens (tertiary/aromatic N) is 2. The summed E-state index contributed by atoms with van der Waals surface area (Å²) in [5.74, 6) is 0.884. The molecule has 1 aromatic heterocycles. The fraction of sp³-hybridized carbons (Fsp3) is 0.0667. The highest BCUT2D eigenvalue weighted by Crippen LogP contribution is 2.30. The standard InChI is InChI=1S/C15H10N2O/c1-2-6-12-11(5-1)16-13-7-8-14-10(15(13)17-12)4-3-9-18-14/h1-8H,9H2. The molecule has 0 spiro atoms. The lowest BCUT2D eigenvalue weighted by Gasteiger charge is -2.13. The van der Waals surface area contributed by atoms with E-state index in [4.69, 9.17) is 9.72 Å². The van der Waals surface area contributed by atoms with Crippen molar-refractivity contribution in [2.45, 2.75) is 0 Å². The summed E-state index contributed by atoms with van der Waals surface area (Å²) in [5, 5.41) is 0. The predicted molar refractivity (Wildman–Crippen MR) is 71.6 cm³/mol. The van der Waals surface area contributed by atoms with Gasteiger partial charge >= 0.3 is 0 Å². The Morgan fingerprint density at radius 1 is 0.889 bits per heavy atom. The summed E-state index contributed by atoms with van der Waals surface area (Å²) in [7, 11) is 0. The maximum Gasteiger partial charge on any atom is 0.129 e. The monoisotopic (exact) mass is 234 g/mol. The van der Waals surface area contributed by atoms with Crippen LogP contribution in [0.4, 0.5) is 0 Å². The smallest absolute Gasteiger partial charge is 0.129 e. The topological polar surface area (TPSA) is 35.0 Å². The van der Waals surface area contributed by atoms with E-state index in [1.807, 2.05) is 42.5 Å². The Labute approximate surface area is 104 Å². The van der Waals surface area contributed by atoms with Crippen molar-refractivity contribution in [2.24, 2.45) is 0 Å². The summed E-state index contributed by atoms with van der Waals surface area (Å²) in [4.78, 5) is 9.33. The quantitative estimate of drug-likeness (QED) is 0.560. The van der Waals surface area contributed by atoms with Crippen LogP contribution in [0.2, 0.25) is 0 Å². The number of rotatable bonds is 0. The first-order valence-corrected chi connectivity index (χ1v) is 5.91. The van der Waals surface area contributed by atoms with Crippen molar-refractivity contribution in [3.8, 4) is 5.75 Å². The molecular weight excluding hydrogens is 224 g/mol. The summed E-state index contributed by atoms with van der Waals surface area (Å²) in [6, 6.07) is 11.8. The average molecular weight is 234 g/mol. The molecule has 86 valence electrons. The van der Waals surface area contributed by atoms with Gasteiger partial charge in [0.15, 0.2) is 0 Å². The van der Waals surface area contributed by atoms with Gasteiger partial charge in [0.25, 0.3) is 0 Å². The lowest BCUT2D eigenvalue weighted by Crippen LogP contribution is -2.01. The van der Waals surface area contributed by atoms with Crippen LogP contribution < -0.4 is 4.74 Å². The summed E-state index contributed by atoms with van der Waals surface area (Å²) < 4.78 is 5.59. The van der Waals surface area contributed by atoms with E-state index in [1.165, 1.54) is 0 Å². The highest BCUT2D eigenvalue weighted by atomic mass is 16.5. The number of benzene rings is 2. The molecule has 0 saturated heterocycles. The van der Waals surface area contributed by atoms with E-state index in [0.717, 1.165) is 33.4 Å². The van der Waals surface area contributed by atoms with E-state index in [0.29, 0.717) is 6.61 Å². The van der Waals surface area contributed by atoms with Gasteiger partial charge in [-0.05, 0) is 36.4 Å². The Kier molecular flexibility index (Phi) is 1.88. The zero-order chi connectivity index (χ0) is 11.9. The summed E-state index contributed by atoms with van der Waals surface area (Å²) >= 11 is 0. The second-order valence-electron chi connectivity index (χ2n) is 4.27. The van der Waals surface area contributed by atoms with Crippen LogP contribution in [-0.4, -0.2) is 16.6 Å². The van der Waals surface area contributed by atoms with Gasteiger partial charge in [0, 0.05) is 5.56 Å². The molecule has 0 bridgehead atoms. The Morgan fingerprint density at radius 3 is 2.61 bits per heavy atom. The molecule has 3 heteroatoms. The van der Waals surface area contributed by atoms with E-state index in [1.54, 1.807) is 0 Å². The van der Waals surface area contributed by atoms with E-state index in [-0.39, 0.29) is 0 Å². The molecule has 1 aliphatic heterocycles. The van der Waals surface area contributed by atoms with Gasteiger partial charge in [-0.3, -0.25) is 0 Å². The van der Waals surface area contributed by atoms with Crippen LogP contribution in [0.25, 0.3) is 28.1 Å². The number of ether oxygens (including phenoxy) is 1. The van der Waals surface area contributed by atoms with Crippen LogP contribution in [0.5, 0.6) is 5.75 Å². The van der Waals surface area contributed by atoms with Crippen molar-refractivity contribution < 1.29 is 4.74 Å². The molecule has 2 heterocycles. The lowest BCUT2D eigenvalue weighted by atomic mass is 10.1. The fourth-order valence-electron chi connectivity index (χ4n) is 2.28. The van der Waals surface area contributed by atoms with Crippen LogP contribution in [0.1, 0.15) is 5.56 Å². The van der Waals surface area contributed by atoms with Gasteiger partial charge in [0.2, 0.25) is 0 Å². The van der Waals surface area contributed by atoms with Crippen molar-refractivity contribution in [3.63, 3.8) is 0 Å². The third kappa shape index (κ3) is 1.31. The average Bonchev–Trinajstić information content (AvgIpc) is 2.45. The third-order valence-corrected chi connectivity index (χ3v) is 3.13. The molecule has 1 aliphatic rings. The largest absolute Gasteiger partial charge is 0.489 e. The van der Waals surface area contributed by atoms with E-state index < -0.39 is 0 Å².